The maximum Gasteiger partial charge on any atom is 0.188 e. The van der Waals surface area contributed by atoms with Gasteiger partial charge in [-0.05, 0) is 30.9 Å². The lowest BCUT2D eigenvalue weighted by Gasteiger charge is -2.06. The van der Waals surface area contributed by atoms with Gasteiger partial charge in [-0.3, -0.25) is 4.79 Å². The zero-order chi connectivity index (χ0) is 13.0. The molecule has 2 rings (SSSR count). The first kappa shape index (κ1) is 13.0. The Balaban J connectivity index is 1.91. The summed E-state index contributed by atoms with van der Waals surface area (Å²) < 4.78 is 5.44. The molecule has 1 aromatic carbocycles. The van der Waals surface area contributed by atoms with E-state index in [0.29, 0.717) is 6.61 Å². The molecule has 0 spiro atoms. The lowest BCUT2D eigenvalue weighted by molar-refractivity contribution is 0.0731. The molecule has 0 unspecified atom stereocenters. The van der Waals surface area contributed by atoms with Crippen LogP contribution in [0.15, 0.2) is 35.7 Å². The van der Waals surface area contributed by atoms with Gasteiger partial charge < -0.3 is 4.74 Å². The third-order valence-electron chi connectivity index (χ3n) is 2.74. The second kappa shape index (κ2) is 5.94. The summed E-state index contributed by atoms with van der Waals surface area (Å²) in [6.07, 6.45) is 0. The quantitative estimate of drug-likeness (QED) is 0.765. The maximum atomic E-state index is 12.0. The minimum atomic E-state index is 0.0454. The van der Waals surface area contributed by atoms with Crippen LogP contribution >= 0.6 is 11.3 Å². The first-order chi connectivity index (χ1) is 8.66. The number of hydrogen-bond acceptors (Lipinski definition) is 3. The monoisotopic (exact) mass is 260 g/mol. The Hall–Kier alpha value is -1.45. The standard InChI is InChI=1S/C15H16O2S/c1-11-5-6-14(12(2)8-11)15(16)10-17-9-13-4-3-7-18-13/h3-8H,9-10H2,1-2H3. The van der Waals surface area contributed by atoms with E-state index < -0.39 is 0 Å². The van der Waals surface area contributed by atoms with Crippen molar-refractivity contribution < 1.29 is 9.53 Å². The van der Waals surface area contributed by atoms with Crippen LogP contribution in [0.5, 0.6) is 0 Å². The fourth-order valence-corrected chi connectivity index (χ4v) is 2.48. The highest BCUT2D eigenvalue weighted by atomic mass is 32.1. The van der Waals surface area contributed by atoms with Gasteiger partial charge in [0.15, 0.2) is 5.78 Å². The first-order valence-electron chi connectivity index (χ1n) is 5.87. The molecule has 3 heteroatoms. The van der Waals surface area contributed by atoms with Gasteiger partial charge in [-0.1, -0.05) is 29.8 Å². The molecule has 0 saturated heterocycles. The highest BCUT2D eigenvalue weighted by molar-refractivity contribution is 7.09. The SMILES string of the molecule is Cc1ccc(C(=O)COCc2cccs2)c(C)c1. The highest BCUT2D eigenvalue weighted by Crippen LogP contribution is 2.13. The molecular formula is C15H16O2S. The summed E-state index contributed by atoms with van der Waals surface area (Å²) in [4.78, 5) is 13.1. The second-order valence-corrected chi connectivity index (χ2v) is 5.35. The molecule has 0 fully saturated rings. The van der Waals surface area contributed by atoms with Gasteiger partial charge >= 0.3 is 0 Å². The van der Waals surface area contributed by atoms with Crippen LogP contribution in [0.25, 0.3) is 0 Å². The van der Waals surface area contributed by atoms with E-state index in [0.717, 1.165) is 16.0 Å². The summed E-state index contributed by atoms with van der Waals surface area (Å²) in [5.41, 5.74) is 2.94. The number of thiophene rings is 1. The molecule has 94 valence electrons. The Bertz CT molecular complexity index is 529. The number of carbonyl (C=O) groups is 1. The van der Waals surface area contributed by atoms with Crippen molar-refractivity contribution in [2.75, 3.05) is 6.61 Å². The van der Waals surface area contributed by atoms with Crippen molar-refractivity contribution in [3.63, 3.8) is 0 Å². The predicted octanol–water partition coefficient (Wildman–Crippen LogP) is 3.76. The second-order valence-electron chi connectivity index (χ2n) is 4.31. The molecular weight excluding hydrogens is 244 g/mol. The number of Topliss-reactive ketones (excluding diaryl/α,β-unsaturated/α-hetero) is 1. The van der Waals surface area contributed by atoms with Gasteiger partial charge in [-0.2, -0.15) is 0 Å². The number of hydrogen-bond donors (Lipinski definition) is 0. The van der Waals surface area contributed by atoms with E-state index in [2.05, 4.69) is 0 Å². The summed E-state index contributed by atoms with van der Waals surface area (Å²) in [5, 5.41) is 2.00. The predicted molar refractivity (Wildman–Crippen MR) is 74.2 cm³/mol. The molecule has 2 nitrogen and oxygen atoms in total. The highest BCUT2D eigenvalue weighted by Gasteiger charge is 2.09. The van der Waals surface area contributed by atoms with E-state index in [1.54, 1.807) is 11.3 Å². The van der Waals surface area contributed by atoms with Crippen LogP contribution in [-0.2, 0) is 11.3 Å². The van der Waals surface area contributed by atoms with Crippen LogP contribution in [0.3, 0.4) is 0 Å². The van der Waals surface area contributed by atoms with Gasteiger partial charge in [0, 0.05) is 10.4 Å². The summed E-state index contributed by atoms with van der Waals surface area (Å²) in [5.74, 6) is 0.0454. The number of carbonyl (C=O) groups excluding carboxylic acids is 1. The third-order valence-corrected chi connectivity index (χ3v) is 3.59. The Kier molecular flexibility index (Phi) is 4.28. The topological polar surface area (TPSA) is 26.3 Å². The average Bonchev–Trinajstić information content (AvgIpc) is 2.81. The Morgan fingerprint density at radius 3 is 2.78 bits per heavy atom. The van der Waals surface area contributed by atoms with Gasteiger partial charge in [0.2, 0.25) is 0 Å². The molecule has 0 aliphatic heterocycles. The number of rotatable bonds is 5. The molecule has 0 atom stereocenters. The minimum Gasteiger partial charge on any atom is -0.368 e. The normalized spacial score (nSPS) is 10.6. The molecule has 0 N–H and O–H groups in total. The first-order valence-corrected chi connectivity index (χ1v) is 6.75. The van der Waals surface area contributed by atoms with Crippen molar-refractivity contribution in [1.29, 1.82) is 0 Å². The number of ketones is 1. The van der Waals surface area contributed by atoms with Crippen molar-refractivity contribution in [3.8, 4) is 0 Å². The number of ether oxygens (including phenoxy) is 1. The summed E-state index contributed by atoms with van der Waals surface area (Å²) >= 11 is 1.64. The molecule has 0 aliphatic carbocycles. The van der Waals surface area contributed by atoms with Crippen molar-refractivity contribution in [1.82, 2.24) is 0 Å². The van der Waals surface area contributed by atoms with E-state index in [1.807, 2.05) is 49.6 Å². The van der Waals surface area contributed by atoms with E-state index in [9.17, 15) is 4.79 Å². The summed E-state index contributed by atoms with van der Waals surface area (Å²) in [6.45, 7) is 4.63. The fourth-order valence-electron chi connectivity index (χ4n) is 1.84. The Morgan fingerprint density at radius 1 is 1.28 bits per heavy atom. The van der Waals surface area contributed by atoms with Gasteiger partial charge in [-0.15, -0.1) is 11.3 Å². The molecule has 0 aliphatic rings. The summed E-state index contributed by atoms with van der Waals surface area (Å²) in [7, 11) is 0. The zero-order valence-corrected chi connectivity index (χ0v) is 11.4. The molecule has 18 heavy (non-hydrogen) atoms. The Labute approximate surface area is 111 Å². The van der Waals surface area contributed by atoms with E-state index >= 15 is 0 Å². The molecule has 0 radical (unpaired) electrons. The van der Waals surface area contributed by atoms with Crippen LogP contribution in [0.1, 0.15) is 26.4 Å². The summed E-state index contributed by atoms with van der Waals surface area (Å²) in [6, 6.07) is 9.84. The largest absolute Gasteiger partial charge is 0.368 e. The van der Waals surface area contributed by atoms with E-state index in [1.165, 1.54) is 5.56 Å². The third kappa shape index (κ3) is 3.28. The Morgan fingerprint density at radius 2 is 2.11 bits per heavy atom. The van der Waals surface area contributed by atoms with Gasteiger partial charge in [0.1, 0.15) is 6.61 Å². The molecule has 0 amide bonds. The van der Waals surface area contributed by atoms with Crippen LogP contribution in [0, 0.1) is 13.8 Å². The minimum absolute atomic E-state index is 0.0454. The van der Waals surface area contributed by atoms with Gasteiger partial charge in [0.05, 0.1) is 6.61 Å². The van der Waals surface area contributed by atoms with Crippen LogP contribution in [0.4, 0.5) is 0 Å². The van der Waals surface area contributed by atoms with Crippen molar-refractivity contribution in [2.45, 2.75) is 20.5 Å². The number of benzene rings is 1. The van der Waals surface area contributed by atoms with Crippen LogP contribution < -0.4 is 0 Å². The number of aryl methyl sites for hydroxylation is 2. The molecule has 2 aromatic rings. The van der Waals surface area contributed by atoms with Crippen molar-refractivity contribution in [2.24, 2.45) is 0 Å². The van der Waals surface area contributed by atoms with Crippen molar-refractivity contribution >= 4 is 17.1 Å². The van der Waals surface area contributed by atoms with E-state index in [4.69, 9.17) is 4.74 Å². The maximum absolute atomic E-state index is 12.0. The van der Waals surface area contributed by atoms with Gasteiger partial charge in [0.25, 0.3) is 0 Å². The lowest BCUT2D eigenvalue weighted by atomic mass is 10.0. The molecule has 1 heterocycles. The van der Waals surface area contributed by atoms with Crippen molar-refractivity contribution in [3.05, 3.63) is 57.3 Å². The van der Waals surface area contributed by atoms with E-state index in [-0.39, 0.29) is 12.4 Å². The van der Waals surface area contributed by atoms with Gasteiger partial charge in [-0.25, -0.2) is 0 Å². The van der Waals surface area contributed by atoms with Crippen LogP contribution in [-0.4, -0.2) is 12.4 Å². The van der Waals surface area contributed by atoms with Crippen LogP contribution in [0.2, 0.25) is 0 Å². The smallest absolute Gasteiger partial charge is 0.188 e. The molecule has 0 saturated carbocycles. The average molecular weight is 260 g/mol. The molecule has 0 bridgehead atoms. The fraction of sp³-hybridized carbons (Fsp3) is 0.267. The molecule has 1 aromatic heterocycles. The lowest BCUT2D eigenvalue weighted by Crippen LogP contribution is -2.10. The zero-order valence-electron chi connectivity index (χ0n) is 10.6.